The van der Waals surface area contributed by atoms with Crippen molar-refractivity contribution in [3.63, 3.8) is 0 Å². The van der Waals surface area contributed by atoms with Gasteiger partial charge in [-0.25, -0.2) is 4.79 Å². The minimum Gasteiger partial charge on any atom is -0.444 e. The lowest BCUT2D eigenvalue weighted by atomic mass is 9.87. The maximum absolute atomic E-state index is 14.0. The van der Waals surface area contributed by atoms with Crippen LogP contribution in [-0.2, 0) is 19.1 Å². The van der Waals surface area contributed by atoms with E-state index in [1.165, 1.54) is 0 Å². The molecule has 2 rings (SSSR count). The number of nitrogens with one attached hydrogen (secondary N) is 2. The van der Waals surface area contributed by atoms with Gasteiger partial charge in [0.25, 0.3) is 0 Å². The number of hydrogen-bond acceptors (Lipinski definition) is 5. The molecular formula is C27H42N4O5. The Bertz CT molecular complexity index is 938. The van der Waals surface area contributed by atoms with Crippen molar-refractivity contribution in [2.24, 2.45) is 5.73 Å². The van der Waals surface area contributed by atoms with Crippen LogP contribution in [-0.4, -0.2) is 52.4 Å². The molecule has 4 N–H and O–H groups in total. The van der Waals surface area contributed by atoms with Gasteiger partial charge in [-0.05, 0) is 71.4 Å². The number of nitrogens with zero attached hydrogens (tertiary/aromatic N) is 1. The maximum atomic E-state index is 14.0. The third-order valence-electron chi connectivity index (χ3n) is 6.24. The summed E-state index contributed by atoms with van der Waals surface area (Å²) in [5.74, 6) is -1.57. The van der Waals surface area contributed by atoms with Crippen molar-refractivity contribution in [1.29, 1.82) is 0 Å². The van der Waals surface area contributed by atoms with Crippen LogP contribution in [0.5, 0.6) is 0 Å². The second kappa shape index (κ2) is 12.7. The number of hydrogen-bond donors (Lipinski definition) is 3. The zero-order valence-corrected chi connectivity index (χ0v) is 22.4. The summed E-state index contributed by atoms with van der Waals surface area (Å²) in [5.41, 5.74) is 6.22. The molecule has 0 saturated heterocycles. The van der Waals surface area contributed by atoms with E-state index >= 15 is 0 Å². The van der Waals surface area contributed by atoms with Gasteiger partial charge in [0.2, 0.25) is 17.7 Å². The van der Waals surface area contributed by atoms with Crippen LogP contribution in [0.15, 0.2) is 24.3 Å². The molecule has 1 fully saturated rings. The lowest BCUT2D eigenvalue weighted by molar-refractivity contribution is -0.148. The number of ether oxygens (including phenoxy) is 1. The number of amides is 4. The number of benzene rings is 1. The molecule has 0 heterocycles. The summed E-state index contributed by atoms with van der Waals surface area (Å²) in [6.07, 6.45) is 2.84. The Morgan fingerprint density at radius 2 is 1.78 bits per heavy atom. The Balaban J connectivity index is 2.50. The second-order valence-corrected chi connectivity index (χ2v) is 10.7. The average molecular weight is 503 g/mol. The Morgan fingerprint density at radius 3 is 2.28 bits per heavy atom. The number of primary amides is 1. The van der Waals surface area contributed by atoms with Crippen molar-refractivity contribution in [2.75, 3.05) is 0 Å². The van der Waals surface area contributed by atoms with Crippen LogP contribution in [0.4, 0.5) is 4.79 Å². The fourth-order valence-electron chi connectivity index (χ4n) is 4.35. The van der Waals surface area contributed by atoms with Gasteiger partial charge in [-0.3, -0.25) is 14.4 Å². The highest BCUT2D eigenvalue weighted by atomic mass is 16.6. The summed E-state index contributed by atoms with van der Waals surface area (Å²) in [6, 6.07) is 5.00. The van der Waals surface area contributed by atoms with Crippen molar-refractivity contribution in [1.82, 2.24) is 15.5 Å². The van der Waals surface area contributed by atoms with Gasteiger partial charge in [0, 0.05) is 12.1 Å². The largest absolute Gasteiger partial charge is 0.444 e. The zero-order chi connectivity index (χ0) is 27.0. The SMILES string of the molecule is CCCC(C)NC(=O)C(c1ccccc1C)N(C(=O)C(CC(N)=O)NC(=O)OC(C)(C)C)C1CCC1. The van der Waals surface area contributed by atoms with Gasteiger partial charge >= 0.3 is 6.09 Å². The van der Waals surface area contributed by atoms with Crippen molar-refractivity contribution >= 4 is 23.8 Å². The number of rotatable bonds is 11. The molecule has 1 saturated carbocycles. The van der Waals surface area contributed by atoms with Crippen LogP contribution >= 0.6 is 0 Å². The molecule has 9 nitrogen and oxygen atoms in total. The minimum atomic E-state index is -1.26. The molecule has 3 atom stereocenters. The third kappa shape index (κ3) is 8.24. The highest BCUT2D eigenvalue weighted by Gasteiger charge is 2.43. The second-order valence-electron chi connectivity index (χ2n) is 10.7. The van der Waals surface area contributed by atoms with Crippen molar-refractivity contribution < 1.29 is 23.9 Å². The Hall–Kier alpha value is -3.10. The van der Waals surface area contributed by atoms with Gasteiger partial charge in [0.1, 0.15) is 17.7 Å². The van der Waals surface area contributed by atoms with E-state index in [1.807, 2.05) is 45.0 Å². The fraction of sp³-hybridized carbons (Fsp3) is 0.630. The van der Waals surface area contributed by atoms with Crippen molar-refractivity contribution in [3.05, 3.63) is 35.4 Å². The van der Waals surface area contributed by atoms with Crippen LogP contribution in [0.1, 0.15) is 90.3 Å². The molecule has 1 aliphatic rings. The molecule has 0 aliphatic heterocycles. The topological polar surface area (TPSA) is 131 Å². The van der Waals surface area contributed by atoms with Crippen LogP contribution in [0.3, 0.4) is 0 Å². The molecule has 0 aromatic heterocycles. The Morgan fingerprint density at radius 1 is 1.14 bits per heavy atom. The molecule has 1 aromatic carbocycles. The lowest BCUT2D eigenvalue weighted by Crippen LogP contribution is -2.58. The minimum absolute atomic E-state index is 0.0753. The van der Waals surface area contributed by atoms with E-state index < -0.39 is 42.0 Å². The number of aryl methyl sites for hydroxylation is 1. The molecule has 9 heteroatoms. The molecule has 1 aromatic rings. The van der Waals surface area contributed by atoms with E-state index in [0.717, 1.165) is 37.7 Å². The summed E-state index contributed by atoms with van der Waals surface area (Å²) < 4.78 is 5.32. The first-order valence-electron chi connectivity index (χ1n) is 12.8. The summed E-state index contributed by atoms with van der Waals surface area (Å²) in [6.45, 7) is 11.0. The lowest BCUT2D eigenvalue weighted by Gasteiger charge is -2.44. The number of nitrogens with two attached hydrogens (primary N) is 1. The van der Waals surface area contributed by atoms with Gasteiger partial charge in [0.15, 0.2) is 0 Å². The molecule has 0 spiro atoms. The normalized spacial score (nSPS) is 16.2. The maximum Gasteiger partial charge on any atom is 0.408 e. The van der Waals surface area contributed by atoms with Gasteiger partial charge < -0.3 is 26.0 Å². The molecule has 3 unspecified atom stereocenters. The van der Waals surface area contributed by atoms with Crippen molar-refractivity contribution in [3.8, 4) is 0 Å². The van der Waals surface area contributed by atoms with E-state index in [0.29, 0.717) is 5.56 Å². The number of alkyl carbamates (subject to hydrolysis) is 1. The highest BCUT2D eigenvalue weighted by Crippen LogP contribution is 2.35. The van der Waals surface area contributed by atoms with Crippen molar-refractivity contribution in [2.45, 2.75) is 110 Å². The summed E-state index contributed by atoms with van der Waals surface area (Å²) in [5, 5.41) is 5.58. The first kappa shape index (κ1) is 29.1. The van der Waals surface area contributed by atoms with E-state index in [1.54, 1.807) is 25.7 Å². The van der Waals surface area contributed by atoms with Gasteiger partial charge in [-0.2, -0.15) is 0 Å². The molecule has 4 amide bonds. The summed E-state index contributed by atoms with van der Waals surface area (Å²) in [7, 11) is 0. The predicted molar refractivity (Wildman–Crippen MR) is 138 cm³/mol. The van der Waals surface area contributed by atoms with Gasteiger partial charge in [-0.1, -0.05) is 37.6 Å². The van der Waals surface area contributed by atoms with E-state index in [9.17, 15) is 19.2 Å². The number of carbonyl (C=O) groups excluding carboxylic acids is 4. The number of carbonyl (C=O) groups is 4. The average Bonchev–Trinajstić information content (AvgIpc) is 2.70. The van der Waals surface area contributed by atoms with Gasteiger partial charge in [-0.15, -0.1) is 0 Å². The highest BCUT2D eigenvalue weighted by molar-refractivity contribution is 5.95. The van der Waals surface area contributed by atoms with E-state index in [4.69, 9.17) is 10.5 Å². The molecule has 0 radical (unpaired) electrons. The summed E-state index contributed by atoms with van der Waals surface area (Å²) in [4.78, 5) is 53.7. The predicted octanol–water partition coefficient (Wildman–Crippen LogP) is 3.49. The fourth-order valence-corrected chi connectivity index (χ4v) is 4.35. The van der Waals surface area contributed by atoms with E-state index in [2.05, 4.69) is 10.6 Å². The third-order valence-corrected chi connectivity index (χ3v) is 6.24. The molecule has 36 heavy (non-hydrogen) atoms. The molecule has 0 bridgehead atoms. The Labute approximate surface area is 214 Å². The monoisotopic (exact) mass is 502 g/mol. The first-order valence-corrected chi connectivity index (χ1v) is 12.8. The van der Waals surface area contributed by atoms with Crippen LogP contribution in [0.2, 0.25) is 0 Å². The zero-order valence-electron chi connectivity index (χ0n) is 22.4. The molecular weight excluding hydrogens is 460 g/mol. The standard InChI is InChI=1S/C27H42N4O5/c1-7-11-18(3)29-24(33)23(20-15-9-8-12-17(20)2)31(19-13-10-14-19)25(34)21(16-22(28)32)30-26(35)36-27(4,5)6/h8-9,12,15,18-19,21,23H,7,10-11,13-14,16H2,1-6H3,(H2,28,32)(H,29,33)(H,30,35). The smallest absolute Gasteiger partial charge is 0.408 e. The van der Waals surface area contributed by atoms with Crippen LogP contribution < -0.4 is 16.4 Å². The molecule has 1 aliphatic carbocycles. The van der Waals surface area contributed by atoms with Gasteiger partial charge in [0.05, 0.1) is 6.42 Å². The Kier molecular flexibility index (Phi) is 10.3. The van der Waals surface area contributed by atoms with E-state index in [-0.39, 0.29) is 18.0 Å². The summed E-state index contributed by atoms with van der Waals surface area (Å²) >= 11 is 0. The van der Waals surface area contributed by atoms with Crippen LogP contribution in [0.25, 0.3) is 0 Å². The van der Waals surface area contributed by atoms with Crippen LogP contribution in [0, 0.1) is 6.92 Å². The quantitative estimate of drug-likeness (QED) is 0.426. The molecule has 200 valence electrons. The first-order chi connectivity index (χ1) is 16.8.